The second-order valence-electron chi connectivity index (χ2n) is 4.40. The second-order valence-corrected chi connectivity index (χ2v) is 4.40. The van der Waals surface area contributed by atoms with E-state index < -0.39 is 0 Å². The molecule has 1 aromatic carbocycles. The summed E-state index contributed by atoms with van der Waals surface area (Å²) in [7, 11) is 2.20. The number of likely N-dealkylation sites (N-methyl/N-ethyl adjacent to an activating group) is 1. The predicted molar refractivity (Wildman–Crippen MR) is 65.5 cm³/mol. The molecular formula is C13H20N2. The molecule has 1 aromatic rings. The van der Waals surface area contributed by atoms with Crippen LogP contribution in [0.15, 0.2) is 24.3 Å². The highest BCUT2D eigenvalue weighted by Gasteiger charge is 2.20. The van der Waals surface area contributed by atoms with Gasteiger partial charge in [0.15, 0.2) is 0 Å². The Hall–Kier alpha value is -1.02. The minimum absolute atomic E-state index is 0.741. The Balaban J connectivity index is 2.03. The van der Waals surface area contributed by atoms with Gasteiger partial charge in [-0.05, 0) is 50.6 Å². The van der Waals surface area contributed by atoms with E-state index in [0.29, 0.717) is 0 Å². The molecule has 1 fully saturated rings. The van der Waals surface area contributed by atoms with Crippen LogP contribution >= 0.6 is 0 Å². The van der Waals surface area contributed by atoms with Crippen LogP contribution in [0.4, 0.5) is 5.69 Å². The van der Waals surface area contributed by atoms with E-state index in [1.54, 1.807) is 0 Å². The van der Waals surface area contributed by atoms with Crippen molar-refractivity contribution in [1.29, 1.82) is 0 Å². The molecule has 0 spiro atoms. The number of nitrogens with one attached hydrogen (secondary N) is 1. The fourth-order valence-electron chi connectivity index (χ4n) is 2.28. The highest BCUT2D eigenvalue weighted by molar-refractivity contribution is 5.45. The lowest BCUT2D eigenvalue weighted by atomic mass is 9.98. The summed E-state index contributed by atoms with van der Waals surface area (Å²) < 4.78 is 0. The van der Waals surface area contributed by atoms with E-state index in [1.165, 1.54) is 30.8 Å². The van der Waals surface area contributed by atoms with E-state index >= 15 is 0 Å². The van der Waals surface area contributed by atoms with Crippen molar-refractivity contribution in [3.63, 3.8) is 0 Å². The van der Waals surface area contributed by atoms with E-state index in [-0.39, 0.29) is 0 Å². The van der Waals surface area contributed by atoms with Crippen molar-refractivity contribution in [3.05, 3.63) is 29.8 Å². The van der Waals surface area contributed by atoms with Gasteiger partial charge in [0.25, 0.3) is 0 Å². The van der Waals surface area contributed by atoms with Crippen molar-refractivity contribution in [3.8, 4) is 0 Å². The molecule has 0 bridgehead atoms. The Morgan fingerprint density at radius 1 is 1.33 bits per heavy atom. The van der Waals surface area contributed by atoms with Gasteiger partial charge in [0, 0.05) is 18.8 Å². The highest BCUT2D eigenvalue weighted by Crippen LogP contribution is 2.26. The molecule has 0 saturated carbocycles. The predicted octanol–water partition coefficient (Wildman–Crippen LogP) is 2.54. The van der Waals surface area contributed by atoms with Crippen LogP contribution in [0.25, 0.3) is 0 Å². The lowest BCUT2D eigenvalue weighted by Crippen LogP contribution is -2.13. The van der Waals surface area contributed by atoms with Gasteiger partial charge in [-0.1, -0.05) is 12.1 Å². The lowest BCUT2D eigenvalue weighted by molar-refractivity contribution is 0.411. The number of hydrogen-bond donors (Lipinski definition) is 1. The van der Waals surface area contributed by atoms with Gasteiger partial charge < -0.3 is 10.2 Å². The van der Waals surface area contributed by atoms with Gasteiger partial charge in [0.2, 0.25) is 0 Å². The van der Waals surface area contributed by atoms with Gasteiger partial charge in [-0.15, -0.1) is 0 Å². The zero-order chi connectivity index (χ0) is 10.7. The summed E-state index contributed by atoms with van der Waals surface area (Å²) >= 11 is 0. The Labute approximate surface area is 92.3 Å². The Bertz CT molecular complexity index is 305. The van der Waals surface area contributed by atoms with Crippen LogP contribution in [0.5, 0.6) is 0 Å². The van der Waals surface area contributed by atoms with Crippen LogP contribution in [-0.2, 0) is 0 Å². The van der Waals surface area contributed by atoms with Crippen molar-refractivity contribution in [2.75, 3.05) is 32.0 Å². The molecule has 1 N–H and O–H groups in total. The van der Waals surface area contributed by atoms with Crippen LogP contribution < -0.4 is 5.32 Å². The van der Waals surface area contributed by atoms with Gasteiger partial charge >= 0.3 is 0 Å². The molecule has 0 amide bonds. The number of benzene rings is 1. The molecular weight excluding hydrogens is 184 g/mol. The highest BCUT2D eigenvalue weighted by atomic mass is 15.1. The fourth-order valence-corrected chi connectivity index (χ4v) is 2.28. The molecule has 2 rings (SSSR count). The summed E-state index contributed by atoms with van der Waals surface area (Å²) in [5.41, 5.74) is 2.72. The van der Waals surface area contributed by atoms with Crippen molar-refractivity contribution in [2.24, 2.45) is 0 Å². The molecule has 2 heteroatoms. The van der Waals surface area contributed by atoms with Crippen LogP contribution in [0.3, 0.4) is 0 Å². The average molecular weight is 204 g/mol. The van der Waals surface area contributed by atoms with E-state index in [9.17, 15) is 0 Å². The molecule has 1 saturated heterocycles. The van der Waals surface area contributed by atoms with E-state index in [2.05, 4.69) is 48.5 Å². The van der Waals surface area contributed by atoms with Crippen LogP contribution in [-0.4, -0.2) is 31.6 Å². The molecule has 0 aliphatic carbocycles. The van der Waals surface area contributed by atoms with Gasteiger partial charge in [-0.3, -0.25) is 0 Å². The molecule has 1 aliphatic rings. The average Bonchev–Trinajstić information content (AvgIpc) is 2.67. The maximum Gasteiger partial charge on any atom is 0.0340 e. The number of nitrogens with zero attached hydrogens (tertiary/aromatic N) is 1. The SMILES string of the molecule is CCNc1ccc(C2CCN(C)C2)cc1. The number of likely N-dealkylation sites (tertiary alicyclic amines) is 1. The molecule has 15 heavy (non-hydrogen) atoms. The molecule has 0 aromatic heterocycles. The Morgan fingerprint density at radius 2 is 2.07 bits per heavy atom. The first kappa shape index (κ1) is 10.5. The number of anilines is 1. The fraction of sp³-hybridized carbons (Fsp3) is 0.538. The van der Waals surface area contributed by atoms with Gasteiger partial charge in [-0.2, -0.15) is 0 Å². The third-order valence-corrected chi connectivity index (χ3v) is 3.15. The topological polar surface area (TPSA) is 15.3 Å². The molecule has 1 heterocycles. The normalized spacial score (nSPS) is 21.9. The first-order chi connectivity index (χ1) is 7.29. The lowest BCUT2D eigenvalue weighted by Gasteiger charge is -2.11. The van der Waals surface area contributed by atoms with Crippen molar-refractivity contribution >= 4 is 5.69 Å². The van der Waals surface area contributed by atoms with E-state index in [0.717, 1.165) is 12.5 Å². The molecule has 1 unspecified atom stereocenters. The summed E-state index contributed by atoms with van der Waals surface area (Å²) in [5.74, 6) is 0.741. The first-order valence-electron chi connectivity index (χ1n) is 5.82. The minimum Gasteiger partial charge on any atom is -0.385 e. The van der Waals surface area contributed by atoms with Crippen LogP contribution in [0.1, 0.15) is 24.8 Å². The summed E-state index contributed by atoms with van der Waals surface area (Å²) in [6, 6.07) is 8.91. The minimum atomic E-state index is 0.741. The largest absolute Gasteiger partial charge is 0.385 e. The third-order valence-electron chi connectivity index (χ3n) is 3.15. The number of rotatable bonds is 3. The monoisotopic (exact) mass is 204 g/mol. The summed E-state index contributed by atoms with van der Waals surface area (Å²) in [6.45, 7) is 5.56. The maximum absolute atomic E-state index is 3.32. The third kappa shape index (κ3) is 2.51. The molecule has 1 atom stereocenters. The first-order valence-corrected chi connectivity index (χ1v) is 5.82. The molecule has 1 aliphatic heterocycles. The van der Waals surface area contributed by atoms with Crippen LogP contribution in [0.2, 0.25) is 0 Å². The summed E-state index contributed by atoms with van der Waals surface area (Å²) in [4.78, 5) is 2.41. The van der Waals surface area contributed by atoms with Crippen molar-refractivity contribution in [2.45, 2.75) is 19.3 Å². The molecule has 2 nitrogen and oxygen atoms in total. The van der Waals surface area contributed by atoms with Crippen molar-refractivity contribution in [1.82, 2.24) is 4.90 Å². The molecule has 82 valence electrons. The van der Waals surface area contributed by atoms with Gasteiger partial charge in [-0.25, -0.2) is 0 Å². The number of hydrogen-bond acceptors (Lipinski definition) is 2. The van der Waals surface area contributed by atoms with E-state index in [4.69, 9.17) is 0 Å². The summed E-state index contributed by atoms with van der Waals surface area (Å²) in [6.07, 6.45) is 1.30. The zero-order valence-corrected chi connectivity index (χ0v) is 9.66. The molecule has 0 radical (unpaired) electrons. The quantitative estimate of drug-likeness (QED) is 0.814. The maximum atomic E-state index is 3.32. The van der Waals surface area contributed by atoms with Gasteiger partial charge in [0.05, 0.1) is 0 Å². The Kier molecular flexibility index (Phi) is 3.27. The Morgan fingerprint density at radius 3 is 2.60 bits per heavy atom. The van der Waals surface area contributed by atoms with Gasteiger partial charge in [0.1, 0.15) is 0 Å². The summed E-state index contributed by atoms with van der Waals surface area (Å²) in [5, 5.41) is 3.32. The van der Waals surface area contributed by atoms with E-state index in [1.807, 2.05) is 0 Å². The smallest absolute Gasteiger partial charge is 0.0340 e. The standard InChI is InChI=1S/C13H20N2/c1-3-14-13-6-4-11(5-7-13)12-8-9-15(2)10-12/h4-7,12,14H,3,8-10H2,1-2H3. The second kappa shape index (κ2) is 4.67. The zero-order valence-electron chi connectivity index (χ0n) is 9.66. The van der Waals surface area contributed by atoms with Crippen LogP contribution in [0, 0.1) is 0 Å². The van der Waals surface area contributed by atoms with Crippen molar-refractivity contribution < 1.29 is 0 Å².